The number of aromatic nitrogens is 2. The molecule has 0 radical (unpaired) electrons. The summed E-state index contributed by atoms with van der Waals surface area (Å²) in [6, 6.07) is 15.2. The zero-order valence-electron chi connectivity index (χ0n) is 14.9. The highest BCUT2D eigenvalue weighted by atomic mass is 16.5. The lowest BCUT2D eigenvalue weighted by Gasteiger charge is -2.27. The molecular weight excluding hydrogens is 326 g/mol. The van der Waals surface area contributed by atoms with E-state index in [4.69, 9.17) is 14.7 Å². The van der Waals surface area contributed by atoms with Crippen molar-refractivity contribution in [2.75, 3.05) is 25.1 Å². The van der Waals surface area contributed by atoms with Crippen LogP contribution in [0.1, 0.15) is 18.2 Å². The van der Waals surface area contributed by atoms with Gasteiger partial charge < -0.3 is 14.7 Å². The number of benzene rings is 2. The fraction of sp³-hybridized carbons (Fsp3) is 0.238. The molecule has 1 unspecified atom stereocenters. The molecule has 1 aromatic heterocycles. The average molecular weight is 347 g/mol. The van der Waals surface area contributed by atoms with Crippen molar-refractivity contribution in [3.8, 4) is 5.75 Å². The molecule has 132 valence electrons. The van der Waals surface area contributed by atoms with Gasteiger partial charge in [0.2, 0.25) is 5.95 Å². The topological polar surface area (TPSA) is 58.5 Å². The Morgan fingerprint density at radius 3 is 2.38 bits per heavy atom. The van der Waals surface area contributed by atoms with Crippen LogP contribution in [0.3, 0.4) is 0 Å². The third kappa shape index (κ3) is 2.80. The minimum Gasteiger partial charge on any atom is -0.497 e. The van der Waals surface area contributed by atoms with Crippen LogP contribution < -0.4 is 9.64 Å². The fourth-order valence-corrected chi connectivity index (χ4v) is 3.27. The van der Waals surface area contributed by atoms with Crippen LogP contribution in [-0.2, 0) is 5.60 Å². The largest absolute Gasteiger partial charge is 0.497 e. The summed E-state index contributed by atoms with van der Waals surface area (Å²) in [5.74, 6) is 1.39. The summed E-state index contributed by atoms with van der Waals surface area (Å²) in [7, 11) is 1.63. The third-order valence-electron chi connectivity index (χ3n) is 4.81. The second-order valence-electron chi connectivity index (χ2n) is 6.57. The predicted molar refractivity (Wildman–Crippen MR) is 103 cm³/mol. The molecule has 0 fully saturated rings. The molecule has 0 amide bonds. The van der Waals surface area contributed by atoms with Gasteiger partial charge in [0.15, 0.2) is 0 Å². The van der Waals surface area contributed by atoms with Crippen molar-refractivity contribution in [3.63, 3.8) is 0 Å². The van der Waals surface area contributed by atoms with E-state index in [1.807, 2.05) is 48.5 Å². The number of fused-ring (bicyclic) bond motifs is 1. The van der Waals surface area contributed by atoms with Gasteiger partial charge >= 0.3 is 0 Å². The van der Waals surface area contributed by atoms with Gasteiger partial charge in [-0.05, 0) is 30.7 Å². The number of para-hydroxylation sites is 1. The molecule has 1 aliphatic heterocycles. The normalized spacial score (nSPS) is 16.0. The first-order chi connectivity index (χ1) is 12.6. The van der Waals surface area contributed by atoms with Crippen LogP contribution in [0.25, 0.3) is 10.9 Å². The molecule has 1 N–H and O–H groups in total. The zero-order chi connectivity index (χ0) is 18.1. The summed E-state index contributed by atoms with van der Waals surface area (Å²) in [5, 5.41) is 12.3. The molecule has 5 nitrogen and oxygen atoms in total. The van der Waals surface area contributed by atoms with Crippen molar-refractivity contribution in [2.45, 2.75) is 12.5 Å². The van der Waals surface area contributed by atoms with Gasteiger partial charge in [0, 0.05) is 18.5 Å². The number of nitrogens with zero attached hydrogens (tertiary/aromatic N) is 3. The van der Waals surface area contributed by atoms with Gasteiger partial charge in [-0.2, -0.15) is 0 Å². The molecule has 1 atom stereocenters. The molecule has 0 saturated carbocycles. The van der Waals surface area contributed by atoms with E-state index in [9.17, 15) is 5.11 Å². The summed E-state index contributed by atoms with van der Waals surface area (Å²) in [4.78, 5) is 11.5. The van der Waals surface area contributed by atoms with Crippen LogP contribution in [0.4, 0.5) is 5.95 Å². The van der Waals surface area contributed by atoms with Crippen LogP contribution in [0, 0.1) is 0 Å². The monoisotopic (exact) mass is 347 g/mol. The smallest absolute Gasteiger partial charge is 0.226 e. The summed E-state index contributed by atoms with van der Waals surface area (Å²) >= 11 is 0. The van der Waals surface area contributed by atoms with Gasteiger partial charge in [0.25, 0.3) is 0 Å². The van der Waals surface area contributed by atoms with Gasteiger partial charge in [-0.25, -0.2) is 9.97 Å². The minimum absolute atomic E-state index is 0.607. The molecule has 4 rings (SSSR count). The minimum atomic E-state index is -1.25. The van der Waals surface area contributed by atoms with Crippen LogP contribution in [0.2, 0.25) is 0 Å². The maximum Gasteiger partial charge on any atom is 0.226 e. The Hall–Kier alpha value is -2.92. The van der Waals surface area contributed by atoms with Crippen LogP contribution in [-0.4, -0.2) is 35.3 Å². The molecule has 2 heterocycles. The lowest BCUT2D eigenvalue weighted by Crippen LogP contribution is -2.28. The molecule has 2 aromatic carbocycles. The lowest BCUT2D eigenvalue weighted by molar-refractivity contribution is 0.0991. The maximum atomic E-state index is 11.4. The Morgan fingerprint density at radius 2 is 1.69 bits per heavy atom. The molecule has 5 heteroatoms. The van der Waals surface area contributed by atoms with Crippen molar-refractivity contribution in [3.05, 3.63) is 71.9 Å². The predicted octanol–water partition coefficient (Wildman–Crippen LogP) is 3.27. The number of ether oxygens (including phenoxy) is 1. The van der Waals surface area contributed by atoms with E-state index in [1.165, 1.54) is 0 Å². The average Bonchev–Trinajstić information content (AvgIpc) is 3.22. The molecule has 0 saturated heterocycles. The molecular formula is C21H21N3O2. The van der Waals surface area contributed by atoms with Gasteiger partial charge in [-0.3, -0.25) is 0 Å². The molecule has 1 aliphatic rings. The van der Waals surface area contributed by atoms with E-state index in [0.29, 0.717) is 11.6 Å². The molecule has 26 heavy (non-hydrogen) atoms. The molecule has 0 bridgehead atoms. The Kier molecular flexibility index (Phi) is 4.09. The van der Waals surface area contributed by atoms with Crippen LogP contribution >= 0.6 is 0 Å². The SMILES string of the molecule is COc1ccc(C(C)(O)c2nc(N3CC=CC3)nc3ccccc23)cc1. The van der Waals surface area contributed by atoms with Crippen molar-refractivity contribution < 1.29 is 9.84 Å². The van der Waals surface area contributed by atoms with Gasteiger partial charge in [-0.1, -0.05) is 42.5 Å². The highest BCUT2D eigenvalue weighted by molar-refractivity contribution is 5.83. The van der Waals surface area contributed by atoms with Crippen molar-refractivity contribution in [1.82, 2.24) is 9.97 Å². The van der Waals surface area contributed by atoms with Crippen LogP contribution in [0.5, 0.6) is 5.75 Å². The van der Waals surface area contributed by atoms with E-state index in [2.05, 4.69) is 17.1 Å². The Balaban J connectivity index is 1.87. The van der Waals surface area contributed by atoms with Crippen molar-refractivity contribution in [2.24, 2.45) is 0 Å². The van der Waals surface area contributed by atoms with E-state index in [-0.39, 0.29) is 0 Å². The Morgan fingerprint density at radius 1 is 1.00 bits per heavy atom. The van der Waals surface area contributed by atoms with E-state index in [1.54, 1.807) is 14.0 Å². The van der Waals surface area contributed by atoms with Crippen molar-refractivity contribution in [1.29, 1.82) is 0 Å². The highest BCUT2D eigenvalue weighted by Gasteiger charge is 2.31. The summed E-state index contributed by atoms with van der Waals surface area (Å²) in [6.45, 7) is 3.33. The third-order valence-corrected chi connectivity index (χ3v) is 4.81. The number of anilines is 1. The fourth-order valence-electron chi connectivity index (χ4n) is 3.27. The van der Waals surface area contributed by atoms with Crippen LogP contribution in [0.15, 0.2) is 60.7 Å². The summed E-state index contributed by atoms with van der Waals surface area (Å²) in [6.07, 6.45) is 4.19. The van der Waals surface area contributed by atoms with Gasteiger partial charge in [0.1, 0.15) is 11.4 Å². The molecule has 0 aliphatic carbocycles. The first kappa shape index (κ1) is 16.5. The lowest BCUT2D eigenvalue weighted by atomic mass is 9.90. The number of hydrogen-bond donors (Lipinski definition) is 1. The standard InChI is InChI=1S/C21H21N3O2/c1-21(25,15-9-11-16(26-2)12-10-15)19-17-7-3-4-8-18(17)22-20(23-19)24-13-5-6-14-24/h3-12,25H,13-14H2,1-2H3. The quantitative estimate of drug-likeness (QED) is 0.734. The van der Waals surface area contributed by atoms with E-state index >= 15 is 0 Å². The molecule has 0 spiro atoms. The van der Waals surface area contributed by atoms with E-state index < -0.39 is 5.60 Å². The van der Waals surface area contributed by atoms with Gasteiger partial charge in [-0.15, -0.1) is 0 Å². The maximum absolute atomic E-state index is 11.4. The Labute approximate surface area is 152 Å². The van der Waals surface area contributed by atoms with E-state index in [0.717, 1.165) is 35.3 Å². The summed E-state index contributed by atoms with van der Waals surface area (Å²) in [5.41, 5.74) is 0.937. The van der Waals surface area contributed by atoms with Crippen molar-refractivity contribution >= 4 is 16.9 Å². The van der Waals surface area contributed by atoms with Gasteiger partial charge in [0.05, 0.1) is 18.3 Å². The Bertz CT molecular complexity index is 957. The number of aliphatic hydroxyl groups is 1. The number of rotatable bonds is 4. The highest BCUT2D eigenvalue weighted by Crippen LogP contribution is 2.34. The first-order valence-electron chi connectivity index (χ1n) is 8.64. The second-order valence-corrected chi connectivity index (χ2v) is 6.57. The first-order valence-corrected chi connectivity index (χ1v) is 8.64. The molecule has 3 aromatic rings. The number of hydrogen-bond acceptors (Lipinski definition) is 5. The number of methoxy groups -OCH3 is 1. The summed E-state index contributed by atoms with van der Waals surface area (Å²) < 4.78 is 5.22. The zero-order valence-corrected chi connectivity index (χ0v) is 14.9. The second kappa shape index (κ2) is 6.42.